The number of carbonyl (C=O) groups is 1. The molecule has 1 aromatic carbocycles. The van der Waals surface area contributed by atoms with Crippen molar-refractivity contribution in [1.82, 2.24) is 0 Å². The number of aliphatic carboxylic acids is 1. The minimum absolute atomic E-state index is 0.582. The molecule has 1 aliphatic rings. The van der Waals surface area contributed by atoms with Crippen LogP contribution in [0.3, 0.4) is 0 Å². The van der Waals surface area contributed by atoms with E-state index in [1.807, 2.05) is 24.3 Å². The van der Waals surface area contributed by atoms with Gasteiger partial charge in [0.2, 0.25) is 0 Å². The van der Waals surface area contributed by atoms with E-state index in [1.165, 1.54) is 0 Å². The monoisotopic (exact) mass is 194 g/mol. The van der Waals surface area contributed by atoms with E-state index in [4.69, 9.17) is 5.11 Å². The maximum Gasteiger partial charge on any atom is 0.314 e. The lowest BCUT2D eigenvalue weighted by Crippen LogP contribution is -2.19. The molecule has 1 aliphatic carbocycles. The molecule has 0 atom stereocenters. The Morgan fingerprint density at radius 3 is 2.23 bits per heavy atom. The van der Waals surface area contributed by atoms with Crippen molar-refractivity contribution in [3.63, 3.8) is 0 Å². The predicted octanol–water partition coefficient (Wildman–Crippen LogP) is 2.09. The van der Waals surface area contributed by atoms with Gasteiger partial charge in [0.1, 0.15) is 0 Å². The third-order valence-electron chi connectivity index (χ3n) is 2.58. The maximum atomic E-state index is 10.9. The first-order chi connectivity index (χ1) is 6.15. The molecule has 0 aliphatic heterocycles. The molecule has 1 aromatic rings. The number of carboxylic acid groups (broad SMARTS) is 1. The minimum Gasteiger partial charge on any atom is -0.481 e. The molecule has 0 aromatic heterocycles. The predicted molar refractivity (Wildman–Crippen MR) is 52.2 cm³/mol. The summed E-state index contributed by atoms with van der Waals surface area (Å²) in [4.78, 5) is 11.8. The van der Waals surface area contributed by atoms with Crippen molar-refractivity contribution < 1.29 is 9.90 Å². The lowest BCUT2D eigenvalue weighted by atomic mass is 9.96. The van der Waals surface area contributed by atoms with Gasteiger partial charge in [-0.1, -0.05) is 12.1 Å². The highest BCUT2D eigenvalue weighted by Crippen LogP contribution is 2.48. The van der Waals surface area contributed by atoms with Crippen LogP contribution < -0.4 is 0 Å². The molecule has 2 nitrogen and oxygen atoms in total. The van der Waals surface area contributed by atoms with Gasteiger partial charge in [0.05, 0.1) is 5.41 Å². The Morgan fingerprint density at radius 1 is 1.31 bits per heavy atom. The van der Waals surface area contributed by atoms with E-state index in [0.717, 1.165) is 23.3 Å². The molecule has 0 bridgehead atoms. The first-order valence-corrected chi connectivity index (χ1v) is 4.63. The van der Waals surface area contributed by atoms with E-state index in [9.17, 15) is 4.79 Å². The molecular weight excluding hydrogens is 184 g/mol. The van der Waals surface area contributed by atoms with E-state index in [1.54, 1.807) is 0 Å². The Kier molecular flexibility index (Phi) is 1.84. The summed E-state index contributed by atoms with van der Waals surface area (Å²) in [5, 5.41) is 9.01. The second-order valence-electron chi connectivity index (χ2n) is 3.43. The molecule has 13 heavy (non-hydrogen) atoms. The van der Waals surface area contributed by atoms with Crippen molar-refractivity contribution in [2.24, 2.45) is 0 Å². The summed E-state index contributed by atoms with van der Waals surface area (Å²) in [7, 11) is 0. The fourth-order valence-corrected chi connectivity index (χ4v) is 1.68. The van der Waals surface area contributed by atoms with Crippen molar-refractivity contribution in [3.8, 4) is 0 Å². The van der Waals surface area contributed by atoms with Crippen molar-refractivity contribution in [2.45, 2.75) is 23.2 Å². The normalized spacial score (nSPS) is 18.2. The van der Waals surface area contributed by atoms with Gasteiger partial charge in [-0.25, -0.2) is 0 Å². The summed E-state index contributed by atoms with van der Waals surface area (Å²) in [6.07, 6.45) is 1.52. The van der Waals surface area contributed by atoms with E-state index in [0.29, 0.717) is 0 Å². The van der Waals surface area contributed by atoms with Crippen LogP contribution >= 0.6 is 12.6 Å². The van der Waals surface area contributed by atoms with Crippen molar-refractivity contribution >= 4 is 18.6 Å². The molecule has 0 radical (unpaired) electrons. The second kappa shape index (κ2) is 2.77. The highest BCUT2D eigenvalue weighted by Gasteiger charge is 2.51. The molecule has 2 rings (SSSR count). The Balaban J connectivity index is 2.36. The van der Waals surface area contributed by atoms with Crippen LogP contribution in [0.5, 0.6) is 0 Å². The molecule has 0 amide bonds. The zero-order valence-electron chi connectivity index (χ0n) is 7.03. The number of carboxylic acids is 1. The van der Waals surface area contributed by atoms with Crippen molar-refractivity contribution in [2.75, 3.05) is 0 Å². The van der Waals surface area contributed by atoms with Crippen LogP contribution in [0.1, 0.15) is 18.4 Å². The molecule has 0 saturated heterocycles. The number of benzene rings is 1. The third kappa shape index (κ3) is 1.33. The smallest absolute Gasteiger partial charge is 0.314 e. The summed E-state index contributed by atoms with van der Waals surface area (Å²) in [6, 6.07) is 7.37. The Bertz CT molecular complexity index is 338. The lowest BCUT2D eigenvalue weighted by molar-refractivity contribution is -0.140. The van der Waals surface area contributed by atoms with Gasteiger partial charge < -0.3 is 5.11 Å². The molecule has 3 heteroatoms. The molecule has 68 valence electrons. The van der Waals surface area contributed by atoms with Gasteiger partial charge in [0.15, 0.2) is 0 Å². The quantitative estimate of drug-likeness (QED) is 0.707. The van der Waals surface area contributed by atoms with Crippen LogP contribution in [-0.2, 0) is 10.2 Å². The van der Waals surface area contributed by atoms with Crippen LogP contribution in [0.2, 0.25) is 0 Å². The van der Waals surface area contributed by atoms with Gasteiger partial charge in [-0.3, -0.25) is 4.79 Å². The number of hydrogen-bond acceptors (Lipinski definition) is 2. The third-order valence-corrected chi connectivity index (χ3v) is 2.88. The van der Waals surface area contributed by atoms with Crippen molar-refractivity contribution in [3.05, 3.63) is 29.8 Å². The molecule has 0 unspecified atom stereocenters. The maximum absolute atomic E-state index is 10.9. The Hall–Kier alpha value is -0.960. The van der Waals surface area contributed by atoms with E-state index in [2.05, 4.69) is 12.6 Å². The first-order valence-electron chi connectivity index (χ1n) is 4.18. The van der Waals surface area contributed by atoms with Gasteiger partial charge in [-0.05, 0) is 30.5 Å². The van der Waals surface area contributed by atoms with Gasteiger partial charge >= 0.3 is 5.97 Å². The van der Waals surface area contributed by atoms with Gasteiger partial charge in [-0.2, -0.15) is 0 Å². The summed E-state index contributed by atoms with van der Waals surface area (Å²) in [5.74, 6) is -0.709. The first kappa shape index (κ1) is 8.63. The fraction of sp³-hybridized carbons (Fsp3) is 0.300. The highest BCUT2D eigenvalue weighted by molar-refractivity contribution is 7.80. The van der Waals surface area contributed by atoms with Gasteiger partial charge in [0.25, 0.3) is 0 Å². The zero-order valence-corrected chi connectivity index (χ0v) is 7.92. The number of thiol groups is 1. The highest BCUT2D eigenvalue weighted by atomic mass is 32.1. The number of rotatable bonds is 2. The Morgan fingerprint density at radius 2 is 1.85 bits per heavy atom. The van der Waals surface area contributed by atoms with E-state index < -0.39 is 11.4 Å². The summed E-state index contributed by atoms with van der Waals surface area (Å²) < 4.78 is 0. The molecule has 0 spiro atoms. The zero-order chi connectivity index (χ0) is 9.47. The van der Waals surface area contributed by atoms with Crippen LogP contribution in [0, 0.1) is 0 Å². The van der Waals surface area contributed by atoms with E-state index >= 15 is 0 Å². The lowest BCUT2D eigenvalue weighted by Gasteiger charge is -2.09. The van der Waals surface area contributed by atoms with Crippen molar-refractivity contribution in [1.29, 1.82) is 0 Å². The van der Waals surface area contributed by atoms with Crippen LogP contribution in [0.4, 0.5) is 0 Å². The molecular formula is C10H10O2S. The van der Waals surface area contributed by atoms with E-state index in [-0.39, 0.29) is 0 Å². The van der Waals surface area contributed by atoms with Crippen LogP contribution in [-0.4, -0.2) is 11.1 Å². The fourth-order valence-electron chi connectivity index (χ4n) is 1.53. The Labute approximate surface area is 82.0 Å². The second-order valence-corrected chi connectivity index (χ2v) is 3.95. The summed E-state index contributed by atoms with van der Waals surface area (Å²) in [6.45, 7) is 0. The minimum atomic E-state index is -0.709. The average Bonchev–Trinajstić information content (AvgIpc) is 2.86. The molecule has 1 fully saturated rings. The van der Waals surface area contributed by atoms with Gasteiger partial charge in [0, 0.05) is 4.90 Å². The SMILES string of the molecule is O=C(O)C1(c2ccc(S)cc2)CC1. The standard InChI is InChI=1S/C10H10O2S/c11-9(12)10(5-6-10)7-1-3-8(13)4-2-7/h1-4,13H,5-6H2,(H,11,12). The molecule has 0 heterocycles. The summed E-state index contributed by atoms with van der Waals surface area (Å²) >= 11 is 4.15. The molecule has 1 N–H and O–H groups in total. The van der Waals surface area contributed by atoms with Gasteiger partial charge in [-0.15, -0.1) is 12.6 Å². The molecule has 1 saturated carbocycles. The van der Waals surface area contributed by atoms with Crippen LogP contribution in [0.25, 0.3) is 0 Å². The van der Waals surface area contributed by atoms with Crippen LogP contribution in [0.15, 0.2) is 29.2 Å². The average molecular weight is 194 g/mol. The summed E-state index contributed by atoms with van der Waals surface area (Å²) in [5.41, 5.74) is 0.319. The largest absolute Gasteiger partial charge is 0.481 e. The topological polar surface area (TPSA) is 37.3 Å². The number of hydrogen-bond donors (Lipinski definition) is 2.